The molecule has 0 bridgehead atoms. The number of aromatic nitrogens is 2. The van der Waals surface area contributed by atoms with Crippen LogP contribution in [0.4, 0.5) is 23.4 Å². The first-order valence-corrected chi connectivity index (χ1v) is 11.0. The highest BCUT2D eigenvalue weighted by molar-refractivity contribution is 6.28. The SMILES string of the molecule is C[C@@H](Nc1nc(Cl)nc2c1CN(C(=O)C1(F)CCN(C)CC1)C2)c1cccc(C(F)F)c1F. The van der Waals surface area contributed by atoms with Crippen molar-refractivity contribution in [1.82, 2.24) is 19.8 Å². The Hall–Kier alpha value is -2.46. The first-order chi connectivity index (χ1) is 15.6. The first kappa shape index (κ1) is 23.7. The molecule has 1 atom stereocenters. The number of alkyl halides is 3. The van der Waals surface area contributed by atoms with Gasteiger partial charge in [0.15, 0.2) is 5.67 Å². The van der Waals surface area contributed by atoms with Gasteiger partial charge in [0, 0.05) is 37.1 Å². The predicted octanol–water partition coefficient (Wildman–Crippen LogP) is 4.66. The number of carbonyl (C=O) groups excluding carboxylic acids is 1. The summed E-state index contributed by atoms with van der Waals surface area (Å²) >= 11 is 6.06. The van der Waals surface area contributed by atoms with E-state index in [1.807, 2.05) is 11.9 Å². The lowest BCUT2D eigenvalue weighted by atomic mass is 9.92. The number of likely N-dealkylation sites (tertiary alicyclic amines) is 1. The van der Waals surface area contributed by atoms with Crippen molar-refractivity contribution >= 4 is 23.3 Å². The molecule has 3 heterocycles. The number of benzene rings is 1. The number of fused-ring (bicyclic) bond motifs is 1. The highest BCUT2D eigenvalue weighted by Gasteiger charge is 2.45. The monoisotopic (exact) mass is 485 g/mol. The lowest BCUT2D eigenvalue weighted by Gasteiger charge is -2.35. The van der Waals surface area contributed by atoms with Crippen LogP contribution in [0.3, 0.4) is 0 Å². The van der Waals surface area contributed by atoms with Crippen LogP contribution >= 0.6 is 11.6 Å². The van der Waals surface area contributed by atoms with E-state index >= 15 is 4.39 Å². The third-order valence-electron chi connectivity index (χ3n) is 6.32. The predicted molar refractivity (Wildman–Crippen MR) is 115 cm³/mol. The van der Waals surface area contributed by atoms with Gasteiger partial charge >= 0.3 is 0 Å². The van der Waals surface area contributed by atoms with E-state index in [-0.39, 0.29) is 42.6 Å². The number of nitrogens with zero attached hydrogens (tertiary/aromatic N) is 4. The lowest BCUT2D eigenvalue weighted by molar-refractivity contribution is -0.147. The molecule has 0 saturated carbocycles. The number of halogens is 5. The fourth-order valence-corrected chi connectivity index (χ4v) is 4.50. The van der Waals surface area contributed by atoms with Crippen LogP contribution in [0.25, 0.3) is 0 Å². The summed E-state index contributed by atoms with van der Waals surface area (Å²) in [5.41, 5.74) is -1.57. The Morgan fingerprint density at radius 3 is 2.52 bits per heavy atom. The first-order valence-electron chi connectivity index (χ1n) is 10.6. The summed E-state index contributed by atoms with van der Waals surface area (Å²) in [5, 5.41) is 2.91. The summed E-state index contributed by atoms with van der Waals surface area (Å²) < 4.78 is 56.1. The molecule has 11 heteroatoms. The van der Waals surface area contributed by atoms with Gasteiger partial charge in [-0.25, -0.2) is 27.5 Å². The fourth-order valence-electron chi connectivity index (χ4n) is 4.31. The Labute approximate surface area is 193 Å². The molecule has 0 unspecified atom stereocenters. The van der Waals surface area contributed by atoms with Gasteiger partial charge in [-0.15, -0.1) is 0 Å². The topological polar surface area (TPSA) is 61.4 Å². The van der Waals surface area contributed by atoms with Gasteiger partial charge in [0.2, 0.25) is 5.28 Å². The lowest BCUT2D eigenvalue weighted by Crippen LogP contribution is -2.50. The number of hydrogen-bond donors (Lipinski definition) is 1. The van der Waals surface area contributed by atoms with E-state index < -0.39 is 35.4 Å². The number of piperidine rings is 1. The molecule has 2 aliphatic rings. The maximum absolute atomic E-state index is 15.4. The molecule has 1 amide bonds. The minimum absolute atomic E-state index is 0.0382. The zero-order valence-corrected chi connectivity index (χ0v) is 19.0. The van der Waals surface area contributed by atoms with Crippen LogP contribution in [0, 0.1) is 5.82 Å². The second kappa shape index (κ2) is 9.06. The number of nitrogens with one attached hydrogen (secondary N) is 1. The molecule has 1 fully saturated rings. The molecule has 33 heavy (non-hydrogen) atoms. The molecule has 0 radical (unpaired) electrons. The summed E-state index contributed by atoms with van der Waals surface area (Å²) in [5.74, 6) is -1.34. The quantitative estimate of drug-likeness (QED) is 0.493. The van der Waals surface area contributed by atoms with Gasteiger partial charge in [-0.05, 0) is 25.6 Å². The zero-order chi connectivity index (χ0) is 23.9. The van der Waals surface area contributed by atoms with Crippen molar-refractivity contribution in [3.63, 3.8) is 0 Å². The molecular weight excluding hydrogens is 462 g/mol. The van der Waals surface area contributed by atoms with Gasteiger partial charge in [0.05, 0.1) is 30.4 Å². The number of carbonyl (C=O) groups is 1. The van der Waals surface area contributed by atoms with Gasteiger partial charge in [-0.1, -0.05) is 18.2 Å². The normalized spacial score (nSPS) is 19.0. The molecule has 1 saturated heterocycles. The van der Waals surface area contributed by atoms with Crippen LogP contribution in [-0.2, 0) is 17.9 Å². The summed E-state index contributed by atoms with van der Waals surface area (Å²) in [6.07, 6.45) is -2.71. The molecule has 1 N–H and O–H groups in total. The standard InChI is InChI=1S/C22H24ClF4N5O/c1-12(13-4-3-5-14(17(13)24)18(25)26)28-19-15-10-32(11-16(15)29-21(23)30-19)20(33)22(27)6-8-31(2)9-7-22/h3-5,12,18H,6-11H2,1-2H3,(H,28,29,30)/t12-/m1/s1. The second-order valence-corrected chi connectivity index (χ2v) is 8.95. The number of hydrogen-bond acceptors (Lipinski definition) is 5. The molecule has 0 spiro atoms. The van der Waals surface area contributed by atoms with Gasteiger partial charge in [0.1, 0.15) is 11.6 Å². The third-order valence-corrected chi connectivity index (χ3v) is 6.49. The number of rotatable bonds is 5. The van der Waals surface area contributed by atoms with Crippen molar-refractivity contribution in [2.45, 2.75) is 51.0 Å². The highest BCUT2D eigenvalue weighted by Crippen LogP contribution is 2.36. The van der Waals surface area contributed by atoms with Crippen LogP contribution in [0.15, 0.2) is 18.2 Å². The Kier molecular flexibility index (Phi) is 6.50. The fraction of sp³-hybridized carbons (Fsp3) is 0.500. The molecule has 6 nitrogen and oxygen atoms in total. The van der Waals surface area contributed by atoms with Gasteiger partial charge < -0.3 is 15.1 Å². The molecular formula is C22H24ClF4N5O. The van der Waals surface area contributed by atoms with E-state index in [4.69, 9.17) is 11.6 Å². The second-order valence-electron chi connectivity index (χ2n) is 8.61. The van der Waals surface area contributed by atoms with E-state index in [0.29, 0.717) is 24.3 Å². The molecule has 0 aliphatic carbocycles. The van der Waals surface area contributed by atoms with Crippen molar-refractivity contribution < 1.29 is 22.4 Å². The van der Waals surface area contributed by atoms with Crippen LogP contribution in [0.2, 0.25) is 5.28 Å². The van der Waals surface area contributed by atoms with Gasteiger partial charge in [-0.3, -0.25) is 4.79 Å². The van der Waals surface area contributed by atoms with E-state index in [2.05, 4.69) is 15.3 Å². The zero-order valence-electron chi connectivity index (χ0n) is 18.2. The molecule has 4 rings (SSSR count). The molecule has 1 aromatic heterocycles. The Balaban J connectivity index is 1.56. The van der Waals surface area contributed by atoms with Crippen LogP contribution in [0.1, 0.15) is 54.6 Å². The third kappa shape index (κ3) is 4.63. The molecule has 1 aromatic carbocycles. The maximum atomic E-state index is 15.4. The Bertz CT molecular complexity index is 1060. The van der Waals surface area contributed by atoms with E-state index in [1.54, 1.807) is 6.92 Å². The van der Waals surface area contributed by atoms with Gasteiger partial charge in [-0.2, -0.15) is 0 Å². The summed E-state index contributed by atoms with van der Waals surface area (Å²) in [6.45, 7) is 2.73. The van der Waals surface area contributed by atoms with Gasteiger partial charge in [0.25, 0.3) is 12.3 Å². The van der Waals surface area contributed by atoms with Crippen molar-refractivity contribution in [1.29, 1.82) is 0 Å². The maximum Gasteiger partial charge on any atom is 0.266 e. The van der Waals surface area contributed by atoms with Crippen LogP contribution in [0.5, 0.6) is 0 Å². The Morgan fingerprint density at radius 2 is 1.85 bits per heavy atom. The van der Waals surface area contributed by atoms with E-state index in [9.17, 15) is 18.0 Å². The van der Waals surface area contributed by atoms with Crippen molar-refractivity contribution in [3.05, 3.63) is 51.7 Å². The highest BCUT2D eigenvalue weighted by atomic mass is 35.5. The summed E-state index contributed by atoms with van der Waals surface area (Å²) in [4.78, 5) is 24.7. The largest absolute Gasteiger partial charge is 0.363 e. The van der Waals surface area contributed by atoms with E-state index in [1.165, 1.54) is 17.0 Å². The van der Waals surface area contributed by atoms with Crippen LogP contribution < -0.4 is 5.32 Å². The molecule has 2 aromatic rings. The molecule has 2 aliphatic heterocycles. The smallest absolute Gasteiger partial charge is 0.266 e. The van der Waals surface area contributed by atoms with Crippen molar-refractivity contribution in [2.24, 2.45) is 0 Å². The number of amides is 1. The minimum Gasteiger partial charge on any atom is -0.363 e. The summed E-state index contributed by atoms with van der Waals surface area (Å²) in [6, 6.07) is 3.07. The van der Waals surface area contributed by atoms with E-state index in [0.717, 1.165) is 6.07 Å². The molecule has 178 valence electrons. The van der Waals surface area contributed by atoms with Crippen molar-refractivity contribution in [3.8, 4) is 0 Å². The average Bonchev–Trinajstić information content (AvgIpc) is 3.19. The van der Waals surface area contributed by atoms with Crippen LogP contribution in [-0.4, -0.2) is 51.5 Å². The van der Waals surface area contributed by atoms with Crippen molar-refractivity contribution in [2.75, 3.05) is 25.5 Å². The Morgan fingerprint density at radius 1 is 1.18 bits per heavy atom. The number of anilines is 1. The minimum atomic E-state index is -2.94. The summed E-state index contributed by atoms with van der Waals surface area (Å²) in [7, 11) is 1.88. The average molecular weight is 486 g/mol.